The number of carbonyl (C=O) groups is 2. The van der Waals surface area contributed by atoms with Gasteiger partial charge < -0.3 is 10.2 Å². The Labute approximate surface area is 166 Å². The van der Waals surface area contributed by atoms with Crippen molar-refractivity contribution < 1.29 is 24.2 Å². The monoisotopic (exact) mass is 438 g/mol. The zero-order chi connectivity index (χ0) is 20.4. The lowest BCUT2D eigenvalue weighted by molar-refractivity contribution is -0.147. The van der Waals surface area contributed by atoms with Crippen LogP contribution in [0.5, 0.6) is 0 Å². The highest BCUT2D eigenvalue weighted by Gasteiger charge is 2.34. The topological polar surface area (TPSA) is 74.6 Å². The molecule has 0 heterocycles. The maximum absolute atomic E-state index is 13.6. The molecule has 0 saturated carbocycles. The number of carboxylic acids is 2. The van der Waals surface area contributed by atoms with Crippen molar-refractivity contribution in [3.63, 3.8) is 0 Å². The normalized spacial score (nSPS) is 14.8. The van der Waals surface area contributed by atoms with E-state index in [1.54, 1.807) is 13.8 Å². The van der Waals surface area contributed by atoms with Crippen LogP contribution >= 0.6 is 15.9 Å². The number of aliphatic carboxylic acids is 2. The Balaban J connectivity index is 3.69. The molecule has 0 bridgehead atoms. The molecule has 0 rings (SSSR count). The van der Waals surface area contributed by atoms with Crippen molar-refractivity contribution in [2.45, 2.75) is 103 Å². The van der Waals surface area contributed by atoms with Gasteiger partial charge in [-0.25, -0.2) is 9.18 Å². The van der Waals surface area contributed by atoms with Crippen LogP contribution < -0.4 is 0 Å². The van der Waals surface area contributed by atoms with Crippen LogP contribution in [0.2, 0.25) is 0 Å². The van der Waals surface area contributed by atoms with Crippen LogP contribution in [0.3, 0.4) is 0 Å². The van der Waals surface area contributed by atoms with Crippen LogP contribution in [0.25, 0.3) is 0 Å². The van der Waals surface area contributed by atoms with Crippen LogP contribution in [0.1, 0.15) is 91.9 Å². The van der Waals surface area contributed by atoms with Gasteiger partial charge in [-0.15, -0.1) is 0 Å². The van der Waals surface area contributed by atoms with Gasteiger partial charge in [-0.05, 0) is 18.3 Å². The van der Waals surface area contributed by atoms with Gasteiger partial charge in [0.2, 0.25) is 6.17 Å². The number of carboxylic acid groups (broad SMARTS) is 2. The Hall–Kier alpha value is -0.650. The minimum absolute atomic E-state index is 0.247. The Kier molecular flexibility index (Phi) is 11.6. The number of hydrogen-bond acceptors (Lipinski definition) is 2. The maximum Gasteiger partial charge on any atom is 0.338 e. The summed E-state index contributed by atoms with van der Waals surface area (Å²) in [7, 11) is 0. The first-order valence-electron chi connectivity index (χ1n) is 9.65. The van der Waals surface area contributed by atoms with Gasteiger partial charge in [-0.1, -0.05) is 95.0 Å². The van der Waals surface area contributed by atoms with Crippen molar-refractivity contribution in [2.75, 3.05) is 0 Å². The molecular formula is C20H36BrFO4. The van der Waals surface area contributed by atoms with E-state index in [9.17, 15) is 14.0 Å². The van der Waals surface area contributed by atoms with Gasteiger partial charge in [-0.3, -0.25) is 4.79 Å². The van der Waals surface area contributed by atoms with E-state index in [2.05, 4.69) is 15.9 Å². The molecule has 0 spiro atoms. The van der Waals surface area contributed by atoms with Gasteiger partial charge in [0.25, 0.3) is 0 Å². The second-order valence-corrected chi connectivity index (χ2v) is 9.62. The fraction of sp³-hybridized carbons (Fsp3) is 0.900. The molecule has 0 aliphatic carbocycles. The van der Waals surface area contributed by atoms with E-state index in [-0.39, 0.29) is 5.41 Å². The molecule has 0 unspecified atom stereocenters. The summed E-state index contributed by atoms with van der Waals surface area (Å²) in [6, 6.07) is 0. The molecular weight excluding hydrogens is 403 g/mol. The standard InChI is InChI=1S/C20H36BrFO4/c1-19(2,15(21)17(23)24)13-11-9-7-5-6-8-10-12-14-20(3,4)16(22)18(25)26/h15-16H,5-14H2,1-4H3,(H,23,24)(H,25,26)/t15-,16-/m1/s1. The third-order valence-electron chi connectivity index (χ3n) is 5.20. The number of unbranched alkanes of at least 4 members (excludes halogenated alkanes) is 7. The van der Waals surface area contributed by atoms with Crippen molar-refractivity contribution in [3.05, 3.63) is 0 Å². The molecule has 0 aliphatic heterocycles. The van der Waals surface area contributed by atoms with E-state index in [4.69, 9.17) is 10.2 Å². The SMILES string of the molecule is CC(C)(CCCCCCCCCCC(C)(C)[C@H](Br)C(=O)O)[C@H](F)C(=O)O. The molecule has 0 saturated heterocycles. The predicted molar refractivity (Wildman–Crippen MR) is 107 cm³/mol. The van der Waals surface area contributed by atoms with Crippen LogP contribution in [-0.4, -0.2) is 33.2 Å². The van der Waals surface area contributed by atoms with Crippen LogP contribution in [0, 0.1) is 10.8 Å². The van der Waals surface area contributed by atoms with E-state index in [0.29, 0.717) is 6.42 Å². The molecule has 0 amide bonds. The molecule has 6 heteroatoms. The van der Waals surface area contributed by atoms with E-state index in [0.717, 1.165) is 57.8 Å². The van der Waals surface area contributed by atoms with Gasteiger partial charge in [-0.2, -0.15) is 0 Å². The number of rotatable bonds is 15. The molecule has 4 nitrogen and oxygen atoms in total. The molecule has 0 aromatic carbocycles. The second kappa shape index (κ2) is 11.9. The fourth-order valence-corrected chi connectivity index (χ4v) is 3.37. The minimum atomic E-state index is -1.80. The summed E-state index contributed by atoms with van der Waals surface area (Å²) in [5.74, 6) is -2.17. The van der Waals surface area contributed by atoms with Gasteiger partial charge in [0.05, 0.1) is 0 Å². The van der Waals surface area contributed by atoms with Gasteiger partial charge in [0.15, 0.2) is 0 Å². The third-order valence-corrected chi connectivity index (χ3v) is 6.83. The van der Waals surface area contributed by atoms with E-state index in [1.807, 2.05) is 13.8 Å². The zero-order valence-electron chi connectivity index (χ0n) is 16.7. The van der Waals surface area contributed by atoms with Crippen LogP contribution in [0.4, 0.5) is 4.39 Å². The number of halogens is 2. The molecule has 0 aliphatic rings. The summed E-state index contributed by atoms with van der Waals surface area (Å²) < 4.78 is 13.6. The Morgan fingerprint density at radius 2 is 1.12 bits per heavy atom. The first-order chi connectivity index (χ1) is 11.9. The highest BCUT2D eigenvalue weighted by atomic mass is 79.9. The van der Waals surface area contributed by atoms with Gasteiger partial charge in [0.1, 0.15) is 4.83 Å². The lowest BCUT2D eigenvalue weighted by Gasteiger charge is -2.27. The van der Waals surface area contributed by atoms with E-state index in [1.165, 1.54) is 0 Å². The summed E-state index contributed by atoms with van der Waals surface area (Å²) in [5.41, 5.74) is -1.05. The molecule has 154 valence electrons. The van der Waals surface area contributed by atoms with Gasteiger partial charge >= 0.3 is 11.9 Å². The second-order valence-electron chi connectivity index (χ2n) is 8.71. The Morgan fingerprint density at radius 3 is 1.46 bits per heavy atom. The Morgan fingerprint density at radius 1 is 0.769 bits per heavy atom. The summed E-state index contributed by atoms with van der Waals surface area (Å²) in [6.07, 6.45) is 8.21. The van der Waals surface area contributed by atoms with E-state index >= 15 is 0 Å². The zero-order valence-corrected chi connectivity index (χ0v) is 18.3. The average Bonchev–Trinajstić information content (AvgIpc) is 2.54. The van der Waals surface area contributed by atoms with Crippen LogP contribution in [-0.2, 0) is 9.59 Å². The summed E-state index contributed by atoms with van der Waals surface area (Å²) in [5, 5.41) is 17.8. The van der Waals surface area contributed by atoms with Crippen molar-refractivity contribution in [1.29, 1.82) is 0 Å². The lowest BCUT2D eigenvalue weighted by Crippen LogP contribution is -2.32. The smallest absolute Gasteiger partial charge is 0.338 e. The maximum atomic E-state index is 13.6. The van der Waals surface area contributed by atoms with Crippen molar-refractivity contribution >= 4 is 27.9 Å². The summed E-state index contributed by atoms with van der Waals surface area (Å²) >= 11 is 3.26. The van der Waals surface area contributed by atoms with Crippen molar-refractivity contribution in [1.82, 2.24) is 0 Å². The highest BCUT2D eigenvalue weighted by Crippen LogP contribution is 2.33. The molecule has 2 atom stereocenters. The van der Waals surface area contributed by atoms with Crippen LogP contribution in [0.15, 0.2) is 0 Å². The number of alkyl halides is 2. The van der Waals surface area contributed by atoms with Crippen molar-refractivity contribution in [2.24, 2.45) is 10.8 Å². The van der Waals surface area contributed by atoms with Crippen molar-refractivity contribution in [3.8, 4) is 0 Å². The fourth-order valence-electron chi connectivity index (χ4n) is 3.14. The average molecular weight is 439 g/mol. The predicted octanol–water partition coefficient (Wildman–Crippen LogP) is 6.21. The first kappa shape index (κ1) is 25.4. The minimum Gasteiger partial charge on any atom is -0.480 e. The Bertz CT molecular complexity index is 398. The van der Waals surface area contributed by atoms with E-state index < -0.39 is 28.4 Å². The molecule has 0 radical (unpaired) electrons. The molecule has 0 aromatic rings. The summed E-state index contributed by atoms with van der Waals surface area (Å²) in [4.78, 5) is 21.3. The summed E-state index contributed by atoms with van der Waals surface area (Å²) in [6.45, 7) is 7.31. The van der Waals surface area contributed by atoms with Gasteiger partial charge in [0, 0.05) is 5.41 Å². The largest absolute Gasteiger partial charge is 0.480 e. The lowest BCUT2D eigenvalue weighted by atomic mass is 9.82. The molecule has 0 fully saturated rings. The number of hydrogen-bond donors (Lipinski definition) is 2. The quantitative estimate of drug-likeness (QED) is 0.235. The first-order valence-corrected chi connectivity index (χ1v) is 10.6. The molecule has 0 aromatic heterocycles. The molecule has 2 N–H and O–H groups in total. The highest BCUT2D eigenvalue weighted by molar-refractivity contribution is 9.10. The molecule has 26 heavy (non-hydrogen) atoms. The third kappa shape index (κ3) is 9.89.